The van der Waals surface area contributed by atoms with Gasteiger partial charge in [0.15, 0.2) is 5.58 Å². The van der Waals surface area contributed by atoms with Gasteiger partial charge in [0.1, 0.15) is 21.5 Å². The molecule has 0 spiro atoms. The number of hydrogen-bond donors (Lipinski definition) is 2. The van der Waals surface area contributed by atoms with E-state index in [0.717, 1.165) is 6.26 Å². The van der Waals surface area contributed by atoms with Crippen molar-refractivity contribution in [3.05, 3.63) is 30.2 Å². The fourth-order valence-electron chi connectivity index (χ4n) is 1.71. The zero-order valence-electron chi connectivity index (χ0n) is 10.5. The van der Waals surface area contributed by atoms with Crippen molar-refractivity contribution < 1.29 is 17.9 Å². The SMILES string of the molecule is CS(=O)(=O)CCC(N)C(O)c1nc2ccccc2o1. The molecule has 2 unspecified atom stereocenters. The molecule has 2 atom stereocenters. The highest BCUT2D eigenvalue weighted by Gasteiger charge is 2.23. The summed E-state index contributed by atoms with van der Waals surface area (Å²) in [6.07, 6.45) is 0.165. The molecule has 6 nitrogen and oxygen atoms in total. The Balaban J connectivity index is 2.12. The Bertz CT molecular complexity index is 632. The van der Waals surface area contributed by atoms with Crippen LogP contribution in [0.3, 0.4) is 0 Å². The second-order valence-electron chi connectivity index (χ2n) is 4.55. The number of fused-ring (bicyclic) bond motifs is 1. The van der Waals surface area contributed by atoms with Gasteiger partial charge in [-0.1, -0.05) is 12.1 Å². The third kappa shape index (κ3) is 3.52. The molecule has 2 rings (SSSR count). The van der Waals surface area contributed by atoms with Gasteiger partial charge in [-0.05, 0) is 18.6 Å². The van der Waals surface area contributed by atoms with E-state index in [2.05, 4.69) is 4.98 Å². The lowest BCUT2D eigenvalue weighted by molar-refractivity contribution is 0.116. The molecule has 0 radical (unpaired) electrons. The van der Waals surface area contributed by atoms with Gasteiger partial charge < -0.3 is 15.3 Å². The first-order valence-electron chi connectivity index (χ1n) is 5.83. The zero-order valence-corrected chi connectivity index (χ0v) is 11.3. The van der Waals surface area contributed by atoms with Gasteiger partial charge in [-0.25, -0.2) is 13.4 Å². The van der Waals surface area contributed by atoms with Crippen molar-refractivity contribution in [3.8, 4) is 0 Å². The highest BCUT2D eigenvalue weighted by Crippen LogP contribution is 2.22. The number of nitrogens with two attached hydrogens (primary N) is 1. The van der Waals surface area contributed by atoms with Gasteiger partial charge in [-0.15, -0.1) is 0 Å². The molecular weight excluding hydrogens is 268 g/mol. The maximum Gasteiger partial charge on any atom is 0.225 e. The van der Waals surface area contributed by atoms with Crippen LogP contribution >= 0.6 is 0 Å². The molecule has 2 aromatic rings. The molecule has 104 valence electrons. The standard InChI is InChI=1S/C12H16N2O4S/c1-19(16,17)7-6-8(13)11(15)12-14-9-4-2-3-5-10(9)18-12/h2-5,8,11,15H,6-7,13H2,1H3. The van der Waals surface area contributed by atoms with Gasteiger partial charge >= 0.3 is 0 Å². The summed E-state index contributed by atoms with van der Waals surface area (Å²) in [6.45, 7) is 0. The van der Waals surface area contributed by atoms with Crippen molar-refractivity contribution in [1.82, 2.24) is 4.98 Å². The van der Waals surface area contributed by atoms with E-state index in [1.165, 1.54) is 0 Å². The first-order chi connectivity index (χ1) is 8.87. The Morgan fingerprint density at radius 3 is 2.74 bits per heavy atom. The fourth-order valence-corrected chi connectivity index (χ4v) is 2.41. The Morgan fingerprint density at radius 2 is 2.11 bits per heavy atom. The molecule has 0 fully saturated rings. The van der Waals surface area contributed by atoms with Crippen LogP contribution in [0.1, 0.15) is 18.4 Å². The summed E-state index contributed by atoms with van der Waals surface area (Å²) < 4.78 is 27.5. The highest BCUT2D eigenvalue weighted by molar-refractivity contribution is 7.90. The van der Waals surface area contributed by atoms with Crippen molar-refractivity contribution in [2.24, 2.45) is 5.73 Å². The van der Waals surface area contributed by atoms with E-state index >= 15 is 0 Å². The summed E-state index contributed by atoms with van der Waals surface area (Å²) in [5, 5.41) is 10.0. The minimum Gasteiger partial charge on any atom is -0.438 e. The van der Waals surface area contributed by atoms with Gasteiger partial charge in [0, 0.05) is 12.3 Å². The normalized spacial score (nSPS) is 15.5. The van der Waals surface area contributed by atoms with Crippen LogP contribution in [-0.4, -0.2) is 36.6 Å². The van der Waals surface area contributed by atoms with Crippen LogP contribution in [0.25, 0.3) is 11.1 Å². The van der Waals surface area contributed by atoms with Crippen LogP contribution in [0.4, 0.5) is 0 Å². The van der Waals surface area contributed by atoms with Crippen molar-refractivity contribution in [2.75, 3.05) is 12.0 Å². The maximum atomic E-state index is 11.1. The highest BCUT2D eigenvalue weighted by atomic mass is 32.2. The minimum absolute atomic E-state index is 0.0779. The number of rotatable bonds is 5. The van der Waals surface area contributed by atoms with Gasteiger partial charge in [-0.2, -0.15) is 0 Å². The Labute approximate surface area is 111 Å². The van der Waals surface area contributed by atoms with Gasteiger partial charge in [-0.3, -0.25) is 0 Å². The van der Waals surface area contributed by atoms with Crippen LogP contribution < -0.4 is 5.73 Å². The second kappa shape index (κ2) is 5.28. The van der Waals surface area contributed by atoms with Crippen molar-refractivity contribution in [2.45, 2.75) is 18.6 Å². The average molecular weight is 284 g/mol. The summed E-state index contributed by atoms with van der Waals surface area (Å²) in [5.41, 5.74) is 6.96. The predicted octanol–water partition coefficient (Wildman–Crippen LogP) is 0.623. The Morgan fingerprint density at radius 1 is 1.42 bits per heavy atom. The van der Waals surface area contributed by atoms with E-state index in [0.29, 0.717) is 11.1 Å². The lowest BCUT2D eigenvalue weighted by Crippen LogP contribution is -2.30. The van der Waals surface area contributed by atoms with Crippen LogP contribution in [0.15, 0.2) is 28.7 Å². The molecular formula is C12H16N2O4S. The van der Waals surface area contributed by atoms with Crippen molar-refractivity contribution in [1.29, 1.82) is 0 Å². The zero-order chi connectivity index (χ0) is 14.0. The third-order valence-corrected chi connectivity index (χ3v) is 3.77. The van der Waals surface area contributed by atoms with Crippen LogP contribution in [-0.2, 0) is 9.84 Å². The van der Waals surface area contributed by atoms with Gasteiger partial charge in [0.05, 0.1) is 5.75 Å². The number of benzene rings is 1. The number of para-hydroxylation sites is 2. The molecule has 0 saturated carbocycles. The fraction of sp³-hybridized carbons (Fsp3) is 0.417. The number of sulfone groups is 1. The number of aliphatic hydroxyl groups is 1. The summed E-state index contributed by atoms with van der Waals surface area (Å²) in [4.78, 5) is 4.13. The number of aliphatic hydroxyl groups excluding tert-OH is 1. The molecule has 0 aliphatic carbocycles. The number of hydrogen-bond acceptors (Lipinski definition) is 6. The summed E-state index contributed by atoms with van der Waals surface area (Å²) >= 11 is 0. The molecule has 0 aliphatic rings. The maximum absolute atomic E-state index is 11.1. The van der Waals surface area contributed by atoms with E-state index in [1.54, 1.807) is 18.2 Å². The molecule has 1 heterocycles. The van der Waals surface area contributed by atoms with Crippen LogP contribution in [0.5, 0.6) is 0 Å². The smallest absolute Gasteiger partial charge is 0.225 e. The molecule has 19 heavy (non-hydrogen) atoms. The Kier molecular flexibility index (Phi) is 3.88. The molecule has 1 aromatic heterocycles. The van der Waals surface area contributed by atoms with E-state index in [1.807, 2.05) is 6.07 Å². The number of aromatic nitrogens is 1. The summed E-state index contributed by atoms with van der Waals surface area (Å²) in [5.74, 6) is 0.0352. The first-order valence-corrected chi connectivity index (χ1v) is 7.90. The van der Waals surface area contributed by atoms with Crippen molar-refractivity contribution >= 4 is 20.9 Å². The molecule has 7 heteroatoms. The van der Waals surface area contributed by atoms with E-state index < -0.39 is 22.0 Å². The van der Waals surface area contributed by atoms with E-state index in [4.69, 9.17) is 10.2 Å². The third-order valence-electron chi connectivity index (χ3n) is 2.79. The average Bonchev–Trinajstić information content (AvgIpc) is 2.77. The van der Waals surface area contributed by atoms with Crippen LogP contribution in [0, 0.1) is 0 Å². The van der Waals surface area contributed by atoms with Gasteiger partial charge in [0.25, 0.3) is 0 Å². The Hall–Kier alpha value is -1.44. The second-order valence-corrected chi connectivity index (χ2v) is 6.81. The van der Waals surface area contributed by atoms with Crippen molar-refractivity contribution in [3.63, 3.8) is 0 Å². The topological polar surface area (TPSA) is 106 Å². The molecule has 0 bridgehead atoms. The predicted molar refractivity (Wildman–Crippen MR) is 71.3 cm³/mol. The van der Waals surface area contributed by atoms with E-state index in [-0.39, 0.29) is 18.1 Å². The first kappa shape index (κ1) is 14.0. The lowest BCUT2D eigenvalue weighted by atomic mass is 10.1. The van der Waals surface area contributed by atoms with Gasteiger partial charge in [0.2, 0.25) is 5.89 Å². The largest absolute Gasteiger partial charge is 0.438 e. The van der Waals surface area contributed by atoms with E-state index in [9.17, 15) is 13.5 Å². The van der Waals surface area contributed by atoms with Crippen LogP contribution in [0.2, 0.25) is 0 Å². The number of nitrogens with zero attached hydrogens (tertiary/aromatic N) is 1. The summed E-state index contributed by atoms with van der Waals surface area (Å²) in [6, 6.07) is 6.37. The lowest BCUT2D eigenvalue weighted by Gasteiger charge is -2.14. The molecule has 0 saturated heterocycles. The number of oxazole rings is 1. The monoisotopic (exact) mass is 284 g/mol. The molecule has 3 N–H and O–H groups in total. The molecule has 0 aliphatic heterocycles. The summed E-state index contributed by atoms with van der Waals surface area (Å²) in [7, 11) is -3.10. The quantitative estimate of drug-likeness (QED) is 0.833. The minimum atomic E-state index is -3.10. The molecule has 1 aromatic carbocycles. The molecule has 0 amide bonds.